The summed E-state index contributed by atoms with van der Waals surface area (Å²) in [5, 5.41) is 6.34. The molecule has 0 saturated carbocycles. The van der Waals surface area contributed by atoms with Crippen molar-refractivity contribution in [2.24, 2.45) is 4.99 Å². The number of rotatable bonds is 8. The molecular formula is C14H30N4O4S. The molecule has 8 nitrogen and oxygen atoms in total. The molecule has 0 spiro atoms. The molecule has 0 aromatic heterocycles. The van der Waals surface area contributed by atoms with Gasteiger partial charge in [-0.05, 0) is 27.2 Å². The average Bonchev–Trinajstić information content (AvgIpc) is 2.91. The molecule has 136 valence electrons. The molecule has 1 rings (SSSR count). The molecule has 0 radical (unpaired) electrons. The summed E-state index contributed by atoms with van der Waals surface area (Å²) in [6.07, 6.45) is 2.26. The van der Waals surface area contributed by atoms with Crippen LogP contribution in [0.4, 0.5) is 0 Å². The Kier molecular flexibility index (Phi) is 7.72. The van der Waals surface area contributed by atoms with Gasteiger partial charge in [-0.15, -0.1) is 0 Å². The summed E-state index contributed by atoms with van der Waals surface area (Å²) in [4.78, 5) is 4.14. The lowest BCUT2D eigenvalue weighted by Crippen LogP contribution is -2.54. The molecule has 0 aromatic rings. The van der Waals surface area contributed by atoms with Gasteiger partial charge in [0.15, 0.2) is 5.96 Å². The molecule has 23 heavy (non-hydrogen) atoms. The third kappa shape index (κ3) is 9.09. The van der Waals surface area contributed by atoms with E-state index in [4.69, 9.17) is 9.47 Å². The van der Waals surface area contributed by atoms with Gasteiger partial charge in [0.25, 0.3) is 0 Å². The molecule has 1 fully saturated rings. The van der Waals surface area contributed by atoms with Crippen LogP contribution in [0.15, 0.2) is 4.99 Å². The number of ether oxygens (including phenoxy) is 2. The fourth-order valence-corrected chi connectivity index (χ4v) is 3.31. The topological polar surface area (TPSA) is 101 Å². The van der Waals surface area contributed by atoms with Crippen molar-refractivity contribution in [2.45, 2.75) is 44.9 Å². The van der Waals surface area contributed by atoms with Gasteiger partial charge in [-0.1, -0.05) is 0 Å². The maximum atomic E-state index is 11.3. The van der Waals surface area contributed by atoms with E-state index in [0.717, 1.165) is 19.3 Å². The molecule has 1 heterocycles. The molecule has 1 aliphatic rings. The largest absolute Gasteiger partial charge is 0.379 e. The van der Waals surface area contributed by atoms with Crippen LogP contribution in [0.1, 0.15) is 27.2 Å². The Morgan fingerprint density at radius 1 is 1.48 bits per heavy atom. The third-order valence-electron chi connectivity index (χ3n) is 3.24. The summed E-state index contributed by atoms with van der Waals surface area (Å²) in [6.45, 7) is 8.00. The van der Waals surface area contributed by atoms with Crippen LogP contribution < -0.4 is 15.4 Å². The monoisotopic (exact) mass is 350 g/mol. The Bertz CT molecular complexity index is 487. The zero-order valence-electron chi connectivity index (χ0n) is 14.7. The highest BCUT2D eigenvalue weighted by atomic mass is 32.2. The molecule has 9 heteroatoms. The summed E-state index contributed by atoms with van der Waals surface area (Å²) >= 11 is 0. The summed E-state index contributed by atoms with van der Waals surface area (Å²) in [5.41, 5.74) is -0.619. The smallest absolute Gasteiger partial charge is 0.209 e. The van der Waals surface area contributed by atoms with Crippen molar-refractivity contribution in [1.29, 1.82) is 0 Å². The zero-order chi connectivity index (χ0) is 17.5. The van der Waals surface area contributed by atoms with Gasteiger partial charge in [0.05, 0.1) is 25.6 Å². The molecule has 0 aliphatic carbocycles. The number of hydrogen-bond acceptors (Lipinski definition) is 5. The number of nitrogens with zero attached hydrogens (tertiary/aromatic N) is 1. The zero-order valence-corrected chi connectivity index (χ0v) is 15.5. The van der Waals surface area contributed by atoms with Gasteiger partial charge in [0.1, 0.15) is 0 Å². The predicted octanol–water partition coefficient (Wildman–Crippen LogP) is -0.327. The Morgan fingerprint density at radius 3 is 2.70 bits per heavy atom. The van der Waals surface area contributed by atoms with E-state index in [1.807, 2.05) is 6.92 Å². The molecule has 2 atom stereocenters. The van der Waals surface area contributed by atoms with Gasteiger partial charge >= 0.3 is 0 Å². The predicted molar refractivity (Wildman–Crippen MR) is 91.2 cm³/mol. The van der Waals surface area contributed by atoms with Gasteiger partial charge < -0.3 is 20.1 Å². The van der Waals surface area contributed by atoms with Gasteiger partial charge in [-0.3, -0.25) is 4.99 Å². The first kappa shape index (κ1) is 20.1. The van der Waals surface area contributed by atoms with Crippen LogP contribution in [-0.2, 0) is 19.5 Å². The first-order valence-electron chi connectivity index (χ1n) is 7.77. The molecular weight excluding hydrogens is 320 g/mol. The fourth-order valence-electron chi connectivity index (χ4n) is 2.24. The van der Waals surface area contributed by atoms with Crippen molar-refractivity contribution >= 4 is 16.0 Å². The Balaban J connectivity index is 2.35. The average molecular weight is 350 g/mol. The van der Waals surface area contributed by atoms with Crippen molar-refractivity contribution in [3.63, 3.8) is 0 Å². The van der Waals surface area contributed by atoms with Crippen LogP contribution in [0.3, 0.4) is 0 Å². The number of hydrogen-bond donors (Lipinski definition) is 3. The molecule has 0 bridgehead atoms. The van der Waals surface area contributed by atoms with Gasteiger partial charge in [-0.25, -0.2) is 13.1 Å². The highest BCUT2D eigenvalue weighted by Gasteiger charge is 2.23. The first-order chi connectivity index (χ1) is 10.6. The Hall–Kier alpha value is -0.900. The number of sulfonamides is 1. The van der Waals surface area contributed by atoms with Crippen molar-refractivity contribution in [1.82, 2.24) is 15.4 Å². The minimum absolute atomic E-state index is 0.0766. The molecule has 1 aliphatic heterocycles. The summed E-state index contributed by atoms with van der Waals surface area (Å²) in [5.74, 6) is 0.604. The minimum atomic E-state index is -3.26. The van der Waals surface area contributed by atoms with E-state index in [-0.39, 0.29) is 12.1 Å². The Labute approximate surface area is 139 Å². The molecule has 0 amide bonds. The quantitative estimate of drug-likeness (QED) is 0.409. The lowest BCUT2D eigenvalue weighted by molar-refractivity contribution is 0.0347. The standard InChI is InChI=1S/C14H30N4O4S/c1-11(8-22-12-6-7-21-9-12)17-13(15-4)16-10-14(2,3)18-23(5,19)20/h11-12,18H,6-10H2,1-5H3,(H2,15,16,17). The van der Waals surface area contributed by atoms with Crippen LogP contribution in [-0.4, -0.2) is 71.7 Å². The lowest BCUT2D eigenvalue weighted by Gasteiger charge is -2.27. The summed E-state index contributed by atoms with van der Waals surface area (Å²) in [6, 6.07) is 0.0766. The van der Waals surface area contributed by atoms with E-state index >= 15 is 0 Å². The second-order valence-corrected chi connectivity index (χ2v) is 8.30. The minimum Gasteiger partial charge on any atom is -0.379 e. The maximum Gasteiger partial charge on any atom is 0.209 e. The van der Waals surface area contributed by atoms with Crippen molar-refractivity contribution in [3.05, 3.63) is 0 Å². The molecule has 2 unspecified atom stereocenters. The molecule has 1 saturated heterocycles. The van der Waals surface area contributed by atoms with Crippen LogP contribution in [0.2, 0.25) is 0 Å². The molecule has 0 aromatic carbocycles. The van der Waals surface area contributed by atoms with E-state index in [9.17, 15) is 8.42 Å². The number of guanidine groups is 1. The van der Waals surface area contributed by atoms with Crippen LogP contribution in [0.5, 0.6) is 0 Å². The van der Waals surface area contributed by atoms with E-state index < -0.39 is 15.6 Å². The van der Waals surface area contributed by atoms with Gasteiger partial charge in [-0.2, -0.15) is 0 Å². The lowest BCUT2D eigenvalue weighted by atomic mass is 10.1. The van der Waals surface area contributed by atoms with Crippen molar-refractivity contribution in [2.75, 3.05) is 39.7 Å². The summed E-state index contributed by atoms with van der Waals surface area (Å²) in [7, 11) is -1.59. The number of aliphatic imine (C=N–C) groups is 1. The second kappa shape index (κ2) is 8.81. The maximum absolute atomic E-state index is 11.3. The fraction of sp³-hybridized carbons (Fsp3) is 0.929. The SMILES string of the molecule is CN=C(NCC(C)(C)NS(C)(=O)=O)NC(C)COC1CCOC1. The highest BCUT2D eigenvalue weighted by Crippen LogP contribution is 2.08. The second-order valence-electron chi connectivity index (χ2n) is 6.55. The molecule has 3 N–H and O–H groups in total. The first-order valence-corrected chi connectivity index (χ1v) is 9.66. The van der Waals surface area contributed by atoms with Crippen LogP contribution in [0, 0.1) is 0 Å². The summed E-state index contributed by atoms with van der Waals surface area (Å²) < 4.78 is 36.3. The number of nitrogens with one attached hydrogen (secondary N) is 3. The van der Waals surface area contributed by atoms with E-state index in [1.165, 1.54) is 0 Å². The van der Waals surface area contributed by atoms with E-state index in [0.29, 0.717) is 25.7 Å². The van der Waals surface area contributed by atoms with Crippen LogP contribution >= 0.6 is 0 Å². The Morgan fingerprint density at radius 2 is 2.17 bits per heavy atom. The van der Waals surface area contributed by atoms with Crippen molar-refractivity contribution < 1.29 is 17.9 Å². The van der Waals surface area contributed by atoms with Gasteiger partial charge in [0.2, 0.25) is 10.0 Å². The van der Waals surface area contributed by atoms with Gasteiger partial charge in [0, 0.05) is 31.8 Å². The highest BCUT2D eigenvalue weighted by molar-refractivity contribution is 7.88. The van der Waals surface area contributed by atoms with E-state index in [2.05, 4.69) is 20.3 Å². The van der Waals surface area contributed by atoms with Crippen LogP contribution in [0.25, 0.3) is 0 Å². The normalized spacial score (nSPS) is 21.3. The van der Waals surface area contributed by atoms with Crippen molar-refractivity contribution in [3.8, 4) is 0 Å². The third-order valence-corrected chi connectivity index (χ3v) is 4.16. The van der Waals surface area contributed by atoms with E-state index in [1.54, 1.807) is 20.9 Å².